The lowest BCUT2D eigenvalue weighted by Crippen LogP contribution is -2.13. The van der Waals surface area contributed by atoms with Crippen LogP contribution in [0.25, 0.3) is 0 Å². The van der Waals surface area contributed by atoms with Crippen LogP contribution in [0.15, 0.2) is 0 Å². The Hall–Kier alpha value is 0.190. The van der Waals surface area contributed by atoms with Crippen LogP contribution in [0.4, 0.5) is 0 Å². The molecule has 0 aliphatic carbocycles. The highest BCUT2D eigenvalue weighted by molar-refractivity contribution is 7.61. The van der Waals surface area contributed by atoms with Crippen molar-refractivity contribution in [3.05, 3.63) is 0 Å². The van der Waals surface area contributed by atoms with Crippen molar-refractivity contribution in [2.45, 2.75) is 45.4 Å². The minimum atomic E-state index is -2.98. The Morgan fingerprint density at radius 3 is 1.83 bits per heavy atom. The van der Waals surface area contributed by atoms with Crippen LogP contribution in [-0.2, 0) is 13.6 Å². The van der Waals surface area contributed by atoms with Crippen LogP contribution in [0.5, 0.6) is 0 Å². The Bertz CT molecular complexity index is 175. The number of hydrogen-bond donors (Lipinski definition) is 3. The SMILES string of the molecule is CCCCCCCCO[P+](CO)(OCO)OCO. The van der Waals surface area contributed by atoms with Crippen LogP contribution in [0.3, 0.4) is 0 Å². The predicted octanol–water partition coefficient (Wildman–Crippen LogP) is 2.01. The molecule has 18 heavy (non-hydrogen) atoms. The van der Waals surface area contributed by atoms with Crippen LogP contribution in [-0.4, -0.2) is 41.9 Å². The van der Waals surface area contributed by atoms with E-state index >= 15 is 0 Å². The standard InChI is InChI=1S/C11H26O6P/c1-2-3-4-5-6-7-8-15-18(11-14,16-9-12)17-10-13/h12-14H,2-11H2,1H3/q+1. The Morgan fingerprint density at radius 2 is 1.33 bits per heavy atom. The van der Waals surface area contributed by atoms with E-state index in [1.54, 1.807) is 0 Å². The third-order valence-corrected chi connectivity index (χ3v) is 4.41. The zero-order valence-electron chi connectivity index (χ0n) is 11.1. The van der Waals surface area contributed by atoms with Gasteiger partial charge in [-0.25, -0.2) is 0 Å². The topological polar surface area (TPSA) is 88.4 Å². The van der Waals surface area contributed by atoms with Gasteiger partial charge in [0.05, 0.1) is 6.61 Å². The Morgan fingerprint density at radius 1 is 0.778 bits per heavy atom. The minimum Gasteiger partial charge on any atom is -0.367 e. The summed E-state index contributed by atoms with van der Waals surface area (Å²) in [4.78, 5) is 0. The van der Waals surface area contributed by atoms with Gasteiger partial charge in [-0.1, -0.05) is 39.0 Å². The summed E-state index contributed by atoms with van der Waals surface area (Å²) in [5.41, 5.74) is 0. The van der Waals surface area contributed by atoms with E-state index in [9.17, 15) is 0 Å². The first-order valence-corrected chi connectivity index (χ1v) is 8.11. The van der Waals surface area contributed by atoms with Crippen LogP contribution in [0.2, 0.25) is 0 Å². The maximum absolute atomic E-state index is 9.16. The van der Waals surface area contributed by atoms with Gasteiger partial charge in [-0.15, -0.1) is 9.05 Å². The molecule has 7 heteroatoms. The molecule has 0 saturated heterocycles. The fourth-order valence-corrected chi connectivity index (χ4v) is 2.72. The van der Waals surface area contributed by atoms with E-state index < -0.39 is 27.9 Å². The second-order valence-corrected chi connectivity index (χ2v) is 6.15. The average molecular weight is 285 g/mol. The van der Waals surface area contributed by atoms with E-state index in [0.717, 1.165) is 19.3 Å². The fourth-order valence-electron chi connectivity index (χ4n) is 1.50. The molecule has 0 heterocycles. The van der Waals surface area contributed by atoms with Gasteiger partial charge in [-0.3, -0.25) is 0 Å². The minimum absolute atomic E-state index is 0.389. The molecule has 3 N–H and O–H groups in total. The summed E-state index contributed by atoms with van der Waals surface area (Å²) in [6, 6.07) is 0. The molecule has 0 atom stereocenters. The highest BCUT2D eigenvalue weighted by atomic mass is 31.2. The van der Waals surface area contributed by atoms with Gasteiger partial charge in [-0.2, -0.15) is 4.52 Å². The molecule has 0 fully saturated rings. The molecule has 0 bridgehead atoms. The highest BCUT2D eigenvalue weighted by Crippen LogP contribution is 2.60. The van der Waals surface area contributed by atoms with Crippen molar-refractivity contribution < 1.29 is 28.9 Å². The molecule has 110 valence electrons. The largest absolute Gasteiger partial charge is 0.443 e. The van der Waals surface area contributed by atoms with Crippen molar-refractivity contribution >= 4 is 7.94 Å². The number of unbranched alkanes of at least 4 members (excludes halogenated alkanes) is 5. The lowest BCUT2D eigenvalue weighted by Gasteiger charge is -2.17. The van der Waals surface area contributed by atoms with Gasteiger partial charge >= 0.3 is 7.94 Å². The molecule has 0 aromatic rings. The molecular formula is C11H26O6P+. The number of aliphatic hydroxyl groups excluding tert-OH is 3. The third-order valence-electron chi connectivity index (χ3n) is 2.47. The summed E-state index contributed by atoms with van der Waals surface area (Å²) in [6.45, 7) is 1.35. The first kappa shape index (κ1) is 18.2. The van der Waals surface area contributed by atoms with Crippen molar-refractivity contribution in [3.63, 3.8) is 0 Å². The summed E-state index contributed by atoms with van der Waals surface area (Å²) < 4.78 is 15.1. The highest BCUT2D eigenvalue weighted by Gasteiger charge is 2.45. The Kier molecular flexibility index (Phi) is 12.4. The van der Waals surface area contributed by atoms with Crippen molar-refractivity contribution in [3.8, 4) is 0 Å². The van der Waals surface area contributed by atoms with Gasteiger partial charge in [0.1, 0.15) is 0 Å². The van der Waals surface area contributed by atoms with Crippen LogP contribution >= 0.6 is 7.94 Å². The average Bonchev–Trinajstić information content (AvgIpc) is 2.38. The van der Waals surface area contributed by atoms with Crippen LogP contribution in [0, 0.1) is 0 Å². The molecule has 0 amide bonds. The van der Waals surface area contributed by atoms with E-state index in [0.29, 0.717) is 6.61 Å². The van der Waals surface area contributed by atoms with Gasteiger partial charge < -0.3 is 15.3 Å². The van der Waals surface area contributed by atoms with E-state index in [-0.39, 0.29) is 0 Å². The summed E-state index contributed by atoms with van der Waals surface area (Å²) >= 11 is 0. The molecule has 0 aromatic carbocycles. The van der Waals surface area contributed by atoms with Gasteiger partial charge in [0, 0.05) is 0 Å². The van der Waals surface area contributed by atoms with Crippen LogP contribution in [0.1, 0.15) is 45.4 Å². The monoisotopic (exact) mass is 285 g/mol. The number of aliphatic hydroxyl groups is 3. The second-order valence-electron chi connectivity index (χ2n) is 3.87. The van der Waals surface area contributed by atoms with Crippen molar-refractivity contribution in [2.75, 3.05) is 26.5 Å². The molecular weight excluding hydrogens is 259 g/mol. The molecule has 0 saturated carbocycles. The van der Waals surface area contributed by atoms with Gasteiger partial charge in [0.25, 0.3) is 0 Å². The maximum Gasteiger partial charge on any atom is 0.443 e. The summed E-state index contributed by atoms with van der Waals surface area (Å²) in [7, 11) is -2.98. The fraction of sp³-hybridized carbons (Fsp3) is 1.00. The molecule has 6 nitrogen and oxygen atoms in total. The van der Waals surface area contributed by atoms with Crippen molar-refractivity contribution in [1.29, 1.82) is 0 Å². The zero-order valence-corrected chi connectivity index (χ0v) is 12.0. The van der Waals surface area contributed by atoms with E-state index in [2.05, 4.69) is 6.92 Å². The molecule has 0 aliphatic rings. The maximum atomic E-state index is 9.16. The van der Waals surface area contributed by atoms with Gasteiger partial charge in [0.15, 0.2) is 13.6 Å². The van der Waals surface area contributed by atoms with Crippen LogP contribution < -0.4 is 0 Å². The Balaban J connectivity index is 3.75. The predicted molar refractivity (Wildman–Crippen MR) is 69.7 cm³/mol. The van der Waals surface area contributed by atoms with Gasteiger partial charge in [0.2, 0.25) is 6.35 Å². The quantitative estimate of drug-likeness (QED) is 0.272. The van der Waals surface area contributed by atoms with E-state index in [1.165, 1.54) is 19.3 Å². The second kappa shape index (κ2) is 12.2. The lowest BCUT2D eigenvalue weighted by atomic mass is 10.1. The molecule has 0 spiro atoms. The van der Waals surface area contributed by atoms with Crippen molar-refractivity contribution in [1.82, 2.24) is 0 Å². The molecule has 0 aliphatic heterocycles. The first-order valence-electron chi connectivity index (χ1n) is 6.39. The normalized spacial score (nSPS) is 12.0. The first-order chi connectivity index (χ1) is 8.74. The number of rotatable bonds is 13. The summed E-state index contributed by atoms with van der Waals surface area (Å²) in [5, 5.41) is 26.6. The summed E-state index contributed by atoms with van der Waals surface area (Å²) in [5.74, 6) is 0. The van der Waals surface area contributed by atoms with Gasteiger partial charge in [-0.05, 0) is 6.42 Å². The Labute approximate surface area is 109 Å². The molecule has 0 aromatic heterocycles. The summed E-state index contributed by atoms with van der Waals surface area (Å²) in [6.07, 6.45) is 6.24. The smallest absolute Gasteiger partial charge is 0.367 e. The zero-order chi connectivity index (χ0) is 13.7. The molecule has 0 rings (SSSR count). The lowest BCUT2D eigenvalue weighted by molar-refractivity contribution is 0.00584. The van der Waals surface area contributed by atoms with E-state index in [4.69, 9.17) is 28.9 Å². The molecule has 0 radical (unpaired) electrons. The van der Waals surface area contributed by atoms with E-state index in [1.807, 2.05) is 0 Å². The van der Waals surface area contributed by atoms with Crippen molar-refractivity contribution in [2.24, 2.45) is 0 Å². The third kappa shape index (κ3) is 8.32. The number of hydrogen-bond acceptors (Lipinski definition) is 6. The molecule has 0 unspecified atom stereocenters.